The molecule has 0 spiro atoms. The summed E-state index contributed by atoms with van der Waals surface area (Å²) in [5.74, 6) is 0.741. The van der Waals surface area contributed by atoms with Crippen molar-refractivity contribution in [1.82, 2.24) is 10.2 Å². The molecule has 0 heterocycles. The van der Waals surface area contributed by atoms with Crippen molar-refractivity contribution >= 4 is 0 Å². The average molecular weight is 260 g/mol. The minimum absolute atomic E-state index is 0.741. The molecule has 0 aliphatic heterocycles. The van der Waals surface area contributed by atoms with Crippen LogP contribution in [0.15, 0.2) is 0 Å². The van der Waals surface area contributed by atoms with Crippen molar-refractivity contribution < 1.29 is 9.47 Å². The molecule has 0 aliphatic rings. The maximum absolute atomic E-state index is 5.13. The highest BCUT2D eigenvalue weighted by Gasteiger charge is 2.03. The normalized spacial score (nSPS) is 11.7. The van der Waals surface area contributed by atoms with Gasteiger partial charge in [0.15, 0.2) is 0 Å². The maximum Gasteiger partial charge on any atom is 0.0589 e. The molecule has 0 bridgehead atoms. The lowest BCUT2D eigenvalue weighted by atomic mass is 10.2. The molecule has 0 saturated heterocycles. The van der Waals surface area contributed by atoms with E-state index in [4.69, 9.17) is 9.47 Å². The van der Waals surface area contributed by atoms with E-state index in [2.05, 4.69) is 24.1 Å². The highest BCUT2D eigenvalue weighted by atomic mass is 16.5. The molecule has 0 fully saturated rings. The SMILES string of the molecule is COCCN(CCCCNCC(C)C)CCOC. The van der Waals surface area contributed by atoms with Crippen LogP contribution in [0.25, 0.3) is 0 Å². The fourth-order valence-electron chi connectivity index (χ4n) is 1.75. The van der Waals surface area contributed by atoms with Gasteiger partial charge in [-0.05, 0) is 38.4 Å². The first-order valence-electron chi connectivity index (χ1n) is 7.11. The predicted molar refractivity (Wildman–Crippen MR) is 77.1 cm³/mol. The Bertz CT molecular complexity index is 158. The quantitative estimate of drug-likeness (QED) is 0.510. The third kappa shape index (κ3) is 12.3. The van der Waals surface area contributed by atoms with Gasteiger partial charge >= 0.3 is 0 Å². The van der Waals surface area contributed by atoms with E-state index in [-0.39, 0.29) is 0 Å². The molecule has 0 unspecified atom stereocenters. The van der Waals surface area contributed by atoms with Gasteiger partial charge in [0.1, 0.15) is 0 Å². The molecule has 0 aromatic heterocycles. The smallest absolute Gasteiger partial charge is 0.0589 e. The van der Waals surface area contributed by atoms with Gasteiger partial charge in [0.25, 0.3) is 0 Å². The summed E-state index contributed by atoms with van der Waals surface area (Å²) < 4.78 is 10.3. The van der Waals surface area contributed by atoms with Crippen LogP contribution in [0, 0.1) is 5.92 Å². The van der Waals surface area contributed by atoms with E-state index in [1.807, 2.05) is 0 Å². The maximum atomic E-state index is 5.13. The summed E-state index contributed by atoms with van der Waals surface area (Å²) in [5, 5.41) is 3.48. The van der Waals surface area contributed by atoms with Crippen LogP contribution >= 0.6 is 0 Å². The summed E-state index contributed by atoms with van der Waals surface area (Å²) in [6, 6.07) is 0. The number of nitrogens with zero attached hydrogens (tertiary/aromatic N) is 1. The molecule has 0 saturated carbocycles. The molecule has 0 rings (SSSR count). The largest absolute Gasteiger partial charge is 0.383 e. The third-order valence-corrected chi connectivity index (χ3v) is 2.85. The monoisotopic (exact) mass is 260 g/mol. The third-order valence-electron chi connectivity index (χ3n) is 2.85. The van der Waals surface area contributed by atoms with Crippen LogP contribution in [0.1, 0.15) is 26.7 Å². The van der Waals surface area contributed by atoms with Gasteiger partial charge in [-0.1, -0.05) is 13.8 Å². The van der Waals surface area contributed by atoms with Crippen LogP contribution in [0.3, 0.4) is 0 Å². The summed E-state index contributed by atoms with van der Waals surface area (Å²) in [6.07, 6.45) is 2.47. The van der Waals surface area contributed by atoms with E-state index in [1.165, 1.54) is 12.8 Å². The van der Waals surface area contributed by atoms with E-state index in [0.29, 0.717) is 0 Å². The fourth-order valence-corrected chi connectivity index (χ4v) is 1.75. The van der Waals surface area contributed by atoms with Gasteiger partial charge < -0.3 is 14.8 Å². The van der Waals surface area contributed by atoms with Crippen LogP contribution in [-0.2, 0) is 9.47 Å². The van der Waals surface area contributed by atoms with Crippen LogP contribution in [0.2, 0.25) is 0 Å². The molecule has 0 aromatic rings. The zero-order chi connectivity index (χ0) is 13.6. The van der Waals surface area contributed by atoms with Crippen molar-refractivity contribution in [3.05, 3.63) is 0 Å². The first kappa shape index (κ1) is 17.8. The number of ether oxygens (including phenoxy) is 2. The molecule has 0 amide bonds. The summed E-state index contributed by atoms with van der Waals surface area (Å²) in [6.45, 7) is 11.5. The van der Waals surface area contributed by atoms with E-state index in [9.17, 15) is 0 Å². The Labute approximate surface area is 113 Å². The lowest BCUT2D eigenvalue weighted by Crippen LogP contribution is -2.32. The van der Waals surface area contributed by atoms with E-state index < -0.39 is 0 Å². The summed E-state index contributed by atoms with van der Waals surface area (Å²) >= 11 is 0. The average Bonchev–Trinajstić information content (AvgIpc) is 2.35. The van der Waals surface area contributed by atoms with Gasteiger partial charge in [-0.15, -0.1) is 0 Å². The Hall–Kier alpha value is -0.160. The van der Waals surface area contributed by atoms with Gasteiger partial charge in [-0.25, -0.2) is 0 Å². The number of methoxy groups -OCH3 is 2. The highest BCUT2D eigenvalue weighted by Crippen LogP contribution is 1.96. The Morgan fingerprint density at radius 1 is 0.944 bits per heavy atom. The van der Waals surface area contributed by atoms with E-state index >= 15 is 0 Å². The molecule has 1 N–H and O–H groups in total. The van der Waals surface area contributed by atoms with Crippen molar-refractivity contribution in [3.63, 3.8) is 0 Å². The molecule has 4 nitrogen and oxygen atoms in total. The summed E-state index contributed by atoms with van der Waals surface area (Å²) in [5.41, 5.74) is 0. The molecule has 0 aliphatic carbocycles. The molecule has 0 radical (unpaired) electrons. The molecular weight excluding hydrogens is 228 g/mol. The van der Waals surface area contributed by atoms with Crippen molar-refractivity contribution in [1.29, 1.82) is 0 Å². The molecule has 4 heteroatoms. The van der Waals surface area contributed by atoms with Crippen LogP contribution in [0.4, 0.5) is 0 Å². The van der Waals surface area contributed by atoms with Gasteiger partial charge in [-0.3, -0.25) is 4.90 Å². The van der Waals surface area contributed by atoms with Gasteiger partial charge in [0, 0.05) is 27.3 Å². The zero-order valence-corrected chi connectivity index (χ0v) is 12.7. The van der Waals surface area contributed by atoms with Crippen molar-refractivity contribution in [3.8, 4) is 0 Å². The van der Waals surface area contributed by atoms with Crippen molar-refractivity contribution in [2.75, 3.05) is 60.2 Å². The van der Waals surface area contributed by atoms with Crippen LogP contribution in [-0.4, -0.2) is 65.1 Å². The Balaban J connectivity index is 3.49. The first-order chi connectivity index (χ1) is 8.70. The number of nitrogens with one attached hydrogen (secondary N) is 1. The molecule has 110 valence electrons. The highest BCUT2D eigenvalue weighted by molar-refractivity contribution is 4.59. The van der Waals surface area contributed by atoms with Crippen molar-refractivity contribution in [2.45, 2.75) is 26.7 Å². The summed E-state index contributed by atoms with van der Waals surface area (Å²) in [7, 11) is 3.51. The van der Waals surface area contributed by atoms with Gasteiger partial charge in [0.05, 0.1) is 13.2 Å². The first-order valence-corrected chi connectivity index (χ1v) is 7.11. The lowest BCUT2D eigenvalue weighted by Gasteiger charge is -2.21. The van der Waals surface area contributed by atoms with Crippen LogP contribution < -0.4 is 5.32 Å². The number of rotatable bonds is 13. The lowest BCUT2D eigenvalue weighted by molar-refractivity contribution is 0.113. The van der Waals surface area contributed by atoms with Gasteiger partial charge in [-0.2, -0.15) is 0 Å². The predicted octanol–water partition coefficient (Wildman–Crippen LogP) is 1.61. The fraction of sp³-hybridized carbons (Fsp3) is 1.00. The molecule has 18 heavy (non-hydrogen) atoms. The van der Waals surface area contributed by atoms with Gasteiger partial charge in [0.2, 0.25) is 0 Å². The van der Waals surface area contributed by atoms with Crippen molar-refractivity contribution in [2.24, 2.45) is 5.92 Å². The minimum atomic E-state index is 0.741. The number of hydrogen-bond donors (Lipinski definition) is 1. The standard InChI is InChI=1S/C14H32N2O2/c1-14(2)13-15-7-5-6-8-16(9-11-17-3)10-12-18-4/h14-15H,5-13H2,1-4H3. The number of unbranched alkanes of at least 4 members (excludes halogenated alkanes) is 1. The minimum Gasteiger partial charge on any atom is -0.383 e. The van der Waals surface area contributed by atoms with Crippen LogP contribution in [0.5, 0.6) is 0 Å². The molecule has 0 atom stereocenters. The topological polar surface area (TPSA) is 33.7 Å². The van der Waals surface area contributed by atoms with E-state index in [0.717, 1.165) is 51.9 Å². The second kappa shape index (κ2) is 13.3. The Morgan fingerprint density at radius 2 is 1.56 bits per heavy atom. The molecule has 0 aromatic carbocycles. The molecular formula is C14H32N2O2. The zero-order valence-electron chi connectivity index (χ0n) is 12.7. The summed E-state index contributed by atoms with van der Waals surface area (Å²) in [4.78, 5) is 2.41. The van der Waals surface area contributed by atoms with E-state index in [1.54, 1.807) is 14.2 Å². The second-order valence-corrected chi connectivity index (χ2v) is 5.13. The Kier molecular flexibility index (Phi) is 13.2. The number of hydrogen-bond acceptors (Lipinski definition) is 4. The second-order valence-electron chi connectivity index (χ2n) is 5.13. The Morgan fingerprint density at radius 3 is 2.06 bits per heavy atom.